The molecule has 4 nitrogen and oxygen atoms in total. The van der Waals surface area contributed by atoms with Crippen molar-refractivity contribution >= 4 is 6.09 Å². The first-order valence-corrected chi connectivity index (χ1v) is 7.87. The molecular weight excluding hydrogens is 290 g/mol. The SMILES string of the molecule is Cc1ccccc1C1C(O)CCN1C(=O)OCc1ccccc1. The van der Waals surface area contributed by atoms with Crippen molar-refractivity contribution in [1.82, 2.24) is 4.90 Å². The Balaban J connectivity index is 1.73. The fourth-order valence-corrected chi connectivity index (χ4v) is 3.08. The number of aliphatic hydroxyl groups is 1. The van der Waals surface area contributed by atoms with Crippen LogP contribution in [0.5, 0.6) is 0 Å². The van der Waals surface area contributed by atoms with Gasteiger partial charge in [-0.25, -0.2) is 4.79 Å². The zero-order chi connectivity index (χ0) is 16.2. The van der Waals surface area contributed by atoms with E-state index in [0.717, 1.165) is 16.7 Å². The first-order valence-electron chi connectivity index (χ1n) is 7.87. The molecule has 1 aliphatic heterocycles. The molecule has 0 aliphatic carbocycles. The molecule has 0 saturated carbocycles. The van der Waals surface area contributed by atoms with Gasteiger partial charge in [-0.2, -0.15) is 0 Å². The molecule has 120 valence electrons. The minimum Gasteiger partial charge on any atom is -0.445 e. The standard InChI is InChI=1S/C19H21NO3/c1-14-7-5-6-10-16(14)18-17(21)11-12-20(18)19(22)23-13-15-8-3-2-4-9-15/h2-10,17-18,21H,11-13H2,1H3. The third kappa shape index (κ3) is 3.37. The van der Waals surface area contributed by atoms with Gasteiger partial charge in [-0.15, -0.1) is 0 Å². The smallest absolute Gasteiger partial charge is 0.410 e. The monoisotopic (exact) mass is 311 g/mol. The van der Waals surface area contributed by atoms with Crippen molar-refractivity contribution in [2.75, 3.05) is 6.54 Å². The molecule has 2 unspecified atom stereocenters. The van der Waals surface area contributed by atoms with Gasteiger partial charge in [0.15, 0.2) is 0 Å². The van der Waals surface area contributed by atoms with Gasteiger partial charge >= 0.3 is 6.09 Å². The average Bonchev–Trinajstić information content (AvgIpc) is 2.96. The molecule has 23 heavy (non-hydrogen) atoms. The maximum Gasteiger partial charge on any atom is 0.410 e. The number of aryl methyl sites for hydroxylation is 1. The number of rotatable bonds is 3. The summed E-state index contributed by atoms with van der Waals surface area (Å²) in [6.07, 6.45) is -0.363. The quantitative estimate of drug-likeness (QED) is 0.944. The van der Waals surface area contributed by atoms with Crippen molar-refractivity contribution in [1.29, 1.82) is 0 Å². The highest BCUT2D eigenvalue weighted by molar-refractivity contribution is 5.69. The van der Waals surface area contributed by atoms with E-state index in [1.165, 1.54) is 0 Å². The van der Waals surface area contributed by atoms with Crippen LogP contribution in [0.15, 0.2) is 54.6 Å². The zero-order valence-electron chi connectivity index (χ0n) is 13.2. The maximum atomic E-state index is 12.5. The summed E-state index contributed by atoms with van der Waals surface area (Å²) in [5, 5.41) is 10.3. The molecule has 1 heterocycles. The van der Waals surface area contributed by atoms with E-state index in [0.29, 0.717) is 13.0 Å². The van der Waals surface area contributed by atoms with Crippen LogP contribution >= 0.6 is 0 Å². The number of likely N-dealkylation sites (tertiary alicyclic amines) is 1. The number of ether oxygens (including phenoxy) is 1. The number of carbonyl (C=O) groups excluding carboxylic acids is 1. The maximum absolute atomic E-state index is 12.5. The van der Waals surface area contributed by atoms with Gasteiger partial charge in [-0.05, 0) is 30.0 Å². The van der Waals surface area contributed by atoms with Crippen LogP contribution in [0.3, 0.4) is 0 Å². The lowest BCUT2D eigenvalue weighted by molar-refractivity contribution is 0.0713. The van der Waals surface area contributed by atoms with Crippen LogP contribution in [-0.2, 0) is 11.3 Å². The molecule has 1 amide bonds. The van der Waals surface area contributed by atoms with E-state index < -0.39 is 6.10 Å². The van der Waals surface area contributed by atoms with Crippen molar-refractivity contribution in [3.05, 3.63) is 71.3 Å². The van der Waals surface area contributed by atoms with Crippen LogP contribution in [0, 0.1) is 6.92 Å². The molecule has 0 bridgehead atoms. The molecule has 1 fully saturated rings. The largest absolute Gasteiger partial charge is 0.445 e. The molecule has 0 aromatic heterocycles. The summed E-state index contributed by atoms with van der Waals surface area (Å²) in [5.74, 6) is 0. The molecule has 2 atom stereocenters. The highest BCUT2D eigenvalue weighted by atomic mass is 16.6. The second-order valence-corrected chi connectivity index (χ2v) is 5.89. The van der Waals surface area contributed by atoms with E-state index in [4.69, 9.17) is 4.74 Å². The summed E-state index contributed by atoms with van der Waals surface area (Å²) >= 11 is 0. The van der Waals surface area contributed by atoms with Gasteiger partial charge in [0.05, 0.1) is 12.1 Å². The van der Waals surface area contributed by atoms with Gasteiger partial charge in [-0.3, -0.25) is 4.90 Å². The Morgan fingerprint density at radius 3 is 2.61 bits per heavy atom. The van der Waals surface area contributed by atoms with Crippen LogP contribution in [0.1, 0.15) is 29.2 Å². The van der Waals surface area contributed by atoms with Gasteiger partial charge in [0, 0.05) is 6.54 Å². The second kappa shape index (κ2) is 6.84. The number of nitrogens with zero attached hydrogens (tertiary/aromatic N) is 1. The summed E-state index contributed by atoms with van der Waals surface area (Å²) in [6.45, 7) is 2.74. The van der Waals surface area contributed by atoms with Crippen molar-refractivity contribution in [3.63, 3.8) is 0 Å². The lowest BCUT2D eigenvalue weighted by Gasteiger charge is -2.27. The van der Waals surface area contributed by atoms with Crippen molar-refractivity contribution in [2.24, 2.45) is 0 Å². The molecule has 0 radical (unpaired) electrons. The summed E-state index contributed by atoms with van der Waals surface area (Å²) in [7, 11) is 0. The average molecular weight is 311 g/mol. The third-order valence-corrected chi connectivity index (χ3v) is 4.31. The highest BCUT2D eigenvalue weighted by Crippen LogP contribution is 2.34. The van der Waals surface area contributed by atoms with E-state index in [-0.39, 0.29) is 18.7 Å². The van der Waals surface area contributed by atoms with Crippen LogP contribution in [-0.4, -0.2) is 28.7 Å². The van der Waals surface area contributed by atoms with Gasteiger partial charge in [0.2, 0.25) is 0 Å². The first kappa shape index (κ1) is 15.6. The Hall–Kier alpha value is -2.33. The Labute approximate surface area is 136 Å². The first-order chi connectivity index (χ1) is 11.2. The van der Waals surface area contributed by atoms with Gasteiger partial charge in [0.25, 0.3) is 0 Å². The summed E-state index contributed by atoms with van der Waals surface area (Å²) in [4.78, 5) is 14.1. The number of aliphatic hydroxyl groups excluding tert-OH is 1. The van der Waals surface area contributed by atoms with Crippen LogP contribution in [0.25, 0.3) is 0 Å². The Bertz CT molecular complexity index is 671. The van der Waals surface area contributed by atoms with E-state index in [9.17, 15) is 9.90 Å². The van der Waals surface area contributed by atoms with Gasteiger partial charge < -0.3 is 9.84 Å². The second-order valence-electron chi connectivity index (χ2n) is 5.89. The summed E-state index contributed by atoms with van der Waals surface area (Å²) < 4.78 is 5.43. The normalized spacial score (nSPS) is 20.5. The highest BCUT2D eigenvalue weighted by Gasteiger charge is 2.38. The van der Waals surface area contributed by atoms with Crippen LogP contribution < -0.4 is 0 Å². The fourth-order valence-electron chi connectivity index (χ4n) is 3.08. The molecule has 1 N–H and O–H groups in total. The number of hydrogen-bond donors (Lipinski definition) is 1. The lowest BCUT2D eigenvalue weighted by Crippen LogP contribution is -2.34. The van der Waals surface area contributed by atoms with Crippen molar-refractivity contribution in [2.45, 2.75) is 32.1 Å². The van der Waals surface area contributed by atoms with Crippen molar-refractivity contribution < 1.29 is 14.6 Å². The summed E-state index contributed by atoms with van der Waals surface area (Å²) in [5.41, 5.74) is 3.00. The minimum atomic E-state index is -0.555. The predicted molar refractivity (Wildman–Crippen MR) is 87.9 cm³/mol. The summed E-state index contributed by atoms with van der Waals surface area (Å²) in [6, 6.07) is 17.1. The molecular formula is C19H21NO3. The minimum absolute atomic E-state index is 0.243. The number of benzene rings is 2. The molecule has 4 heteroatoms. The lowest BCUT2D eigenvalue weighted by atomic mass is 9.98. The molecule has 0 spiro atoms. The van der Waals surface area contributed by atoms with Gasteiger partial charge in [0.1, 0.15) is 6.61 Å². The predicted octanol–water partition coefficient (Wildman–Crippen LogP) is 3.44. The van der Waals surface area contributed by atoms with Crippen LogP contribution in [0.4, 0.5) is 4.79 Å². The number of amides is 1. The fraction of sp³-hybridized carbons (Fsp3) is 0.316. The molecule has 3 rings (SSSR count). The van der Waals surface area contributed by atoms with Crippen molar-refractivity contribution in [3.8, 4) is 0 Å². The molecule has 2 aromatic rings. The molecule has 2 aromatic carbocycles. The Kier molecular flexibility index (Phi) is 4.63. The van der Waals surface area contributed by atoms with E-state index in [2.05, 4.69) is 0 Å². The van der Waals surface area contributed by atoms with E-state index in [1.54, 1.807) is 4.90 Å². The molecule has 1 saturated heterocycles. The van der Waals surface area contributed by atoms with E-state index >= 15 is 0 Å². The number of hydrogen-bond acceptors (Lipinski definition) is 3. The van der Waals surface area contributed by atoms with E-state index in [1.807, 2.05) is 61.5 Å². The Morgan fingerprint density at radius 2 is 1.87 bits per heavy atom. The van der Waals surface area contributed by atoms with Crippen LogP contribution in [0.2, 0.25) is 0 Å². The zero-order valence-corrected chi connectivity index (χ0v) is 13.2. The van der Waals surface area contributed by atoms with Gasteiger partial charge in [-0.1, -0.05) is 54.6 Å². The topological polar surface area (TPSA) is 49.8 Å². The third-order valence-electron chi connectivity index (χ3n) is 4.31. The Morgan fingerprint density at radius 1 is 1.17 bits per heavy atom. The molecule has 1 aliphatic rings. The number of carbonyl (C=O) groups is 1.